The lowest BCUT2D eigenvalue weighted by Crippen LogP contribution is -2.13. The molecule has 0 aliphatic heterocycles. The Morgan fingerprint density at radius 3 is 1.31 bits per heavy atom. The van der Waals surface area contributed by atoms with E-state index in [-0.39, 0.29) is 49.1 Å². The number of nitrogens with one attached hydrogen (secondary N) is 5. The summed E-state index contributed by atoms with van der Waals surface area (Å²) in [5.74, 6) is -1.35. The molecular formula is C59H70F8N10. The third-order valence-corrected chi connectivity index (χ3v) is 12.0. The standard InChI is InChI=1S/C13H18N2.C12H13F3N2.C12H16N2.C11H11F3N2.C11H12F2N2/c1-8-6-9(2)11-10(7-8)14-12(15-11)13(3,4)5;1-11(2,3)10-16-8-6-4-5-7(9(8)17-10)12(13,14)15;1-8-5-6-9-10(7-8)14-11(13-9)12(2,3)4;1-11(2,3)10-15-6-4-5(12)7(13)8(14)9(6)16-10;1-11(2,3)10-14-8-5-6(12)4-7(13)9(8)15-10/h6-7H,1-5H3,(H,14,15);4-6H,1-3H3,(H,16,17);5-7H,1-4H3,(H,13,14);4H,1-3H3,(H,15,16);4-5H,1-3H3,(H,14,15). The van der Waals surface area contributed by atoms with Crippen molar-refractivity contribution in [2.24, 2.45) is 0 Å². The van der Waals surface area contributed by atoms with Gasteiger partial charge in [0, 0.05) is 39.2 Å². The fourth-order valence-corrected chi connectivity index (χ4v) is 7.73. The molecule has 0 bridgehead atoms. The van der Waals surface area contributed by atoms with Crippen LogP contribution in [0.15, 0.2) is 66.7 Å². The van der Waals surface area contributed by atoms with E-state index in [0.29, 0.717) is 28.5 Å². The van der Waals surface area contributed by atoms with Crippen molar-refractivity contribution in [1.29, 1.82) is 0 Å². The van der Waals surface area contributed by atoms with Crippen molar-refractivity contribution >= 4 is 55.2 Å². The number of H-pyrrole nitrogens is 5. The summed E-state index contributed by atoms with van der Waals surface area (Å²) < 4.78 is 104. The monoisotopic (exact) mass is 1070 g/mol. The molecule has 10 aromatic rings. The van der Waals surface area contributed by atoms with Gasteiger partial charge in [0.15, 0.2) is 23.3 Å². The second kappa shape index (κ2) is 21.4. The number of aromatic amines is 5. The fraction of sp³-hybridized carbons (Fsp3) is 0.407. The first-order valence-corrected chi connectivity index (χ1v) is 25.1. The summed E-state index contributed by atoms with van der Waals surface area (Å²) in [5, 5.41) is 0. The second-order valence-electron chi connectivity index (χ2n) is 24.5. The maximum Gasteiger partial charge on any atom is 0.418 e. The van der Waals surface area contributed by atoms with Gasteiger partial charge in [-0.15, -0.1) is 0 Å². The maximum absolute atomic E-state index is 13.4. The van der Waals surface area contributed by atoms with Crippen LogP contribution >= 0.6 is 0 Å². The number of imidazole rings is 5. The zero-order chi connectivity index (χ0) is 57.7. The molecule has 0 atom stereocenters. The molecule has 0 unspecified atom stereocenters. The average molecular weight is 1070 g/mol. The van der Waals surface area contributed by atoms with Gasteiger partial charge in [-0.2, -0.15) is 13.2 Å². The summed E-state index contributed by atoms with van der Waals surface area (Å²) in [6.07, 6.45) is -4.37. The number of hydrogen-bond donors (Lipinski definition) is 5. The Balaban J connectivity index is 0.000000156. The highest BCUT2D eigenvalue weighted by Gasteiger charge is 2.34. The molecule has 10 rings (SSSR count). The SMILES string of the molecule is CC(C)(C)c1nc2c(C(F)(F)F)cccc2[nH]1.CC(C)(C)c1nc2c(F)c(F)c(F)cc2[nH]1.CC(C)(C)c1nc2c(F)cc(F)cc2[nH]1.Cc1cc(C)c2nc(C(C)(C)C)[nH]c2c1.Cc1ccc2nc(C(C)(C)C)[nH]c2c1. The molecule has 5 aromatic carbocycles. The minimum absolute atomic E-state index is 0.00933. The lowest BCUT2D eigenvalue weighted by molar-refractivity contribution is -0.136. The molecule has 0 aliphatic carbocycles. The molecule has 0 spiro atoms. The Morgan fingerprint density at radius 2 is 0.792 bits per heavy atom. The van der Waals surface area contributed by atoms with Crippen LogP contribution in [0, 0.1) is 49.9 Å². The maximum atomic E-state index is 13.4. The number of rotatable bonds is 0. The topological polar surface area (TPSA) is 143 Å². The van der Waals surface area contributed by atoms with Gasteiger partial charge >= 0.3 is 6.18 Å². The third kappa shape index (κ3) is 14.1. The van der Waals surface area contributed by atoms with Crippen molar-refractivity contribution in [3.8, 4) is 0 Å². The third-order valence-electron chi connectivity index (χ3n) is 12.0. The molecule has 18 heteroatoms. The molecule has 77 heavy (non-hydrogen) atoms. The smallest absolute Gasteiger partial charge is 0.342 e. The minimum Gasteiger partial charge on any atom is -0.342 e. The van der Waals surface area contributed by atoms with Crippen molar-refractivity contribution in [1.82, 2.24) is 49.8 Å². The van der Waals surface area contributed by atoms with E-state index in [4.69, 9.17) is 0 Å². The van der Waals surface area contributed by atoms with Gasteiger partial charge in [-0.1, -0.05) is 122 Å². The molecule has 0 aliphatic rings. The average Bonchev–Trinajstić information content (AvgIpc) is 4.13. The van der Waals surface area contributed by atoms with Crippen LogP contribution in [-0.2, 0) is 33.3 Å². The minimum atomic E-state index is -4.37. The molecule has 5 N–H and O–H groups in total. The van der Waals surface area contributed by atoms with Crippen LogP contribution in [0.25, 0.3) is 55.2 Å². The van der Waals surface area contributed by atoms with E-state index >= 15 is 0 Å². The van der Waals surface area contributed by atoms with Gasteiger partial charge in [0.25, 0.3) is 0 Å². The normalized spacial score (nSPS) is 12.5. The Morgan fingerprint density at radius 1 is 0.364 bits per heavy atom. The molecular weight excluding hydrogens is 1000 g/mol. The summed E-state index contributed by atoms with van der Waals surface area (Å²) in [5.41, 5.74) is 7.88. The molecule has 5 aromatic heterocycles. The predicted octanol–water partition coefficient (Wildman–Crippen LogP) is 16.9. The van der Waals surface area contributed by atoms with Gasteiger partial charge in [-0.05, 0) is 73.9 Å². The Bertz CT molecular complexity index is 3610. The van der Waals surface area contributed by atoms with E-state index in [1.165, 1.54) is 28.8 Å². The van der Waals surface area contributed by atoms with E-state index in [1.54, 1.807) is 6.07 Å². The van der Waals surface area contributed by atoms with E-state index < -0.39 is 40.8 Å². The van der Waals surface area contributed by atoms with E-state index in [1.807, 2.05) is 62.3 Å². The highest BCUT2D eigenvalue weighted by atomic mass is 19.4. The van der Waals surface area contributed by atoms with Crippen molar-refractivity contribution in [2.45, 2.75) is 158 Å². The molecule has 0 radical (unpaired) electrons. The van der Waals surface area contributed by atoms with Crippen molar-refractivity contribution in [3.05, 3.63) is 147 Å². The van der Waals surface area contributed by atoms with Crippen LogP contribution in [-0.4, -0.2) is 49.8 Å². The van der Waals surface area contributed by atoms with Crippen molar-refractivity contribution in [2.75, 3.05) is 0 Å². The van der Waals surface area contributed by atoms with Crippen LogP contribution in [0.3, 0.4) is 0 Å². The number of benzene rings is 5. The molecule has 0 saturated heterocycles. The highest BCUT2D eigenvalue weighted by Crippen LogP contribution is 2.35. The number of para-hydroxylation sites is 1. The van der Waals surface area contributed by atoms with E-state index in [9.17, 15) is 35.1 Å². The van der Waals surface area contributed by atoms with Crippen LogP contribution < -0.4 is 0 Å². The first-order chi connectivity index (χ1) is 35.2. The number of nitrogens with zero attached hydrogens (tertiary/aromatic N) is 5. The number of halogens is 8. The quantitative estimate of drug-likeness (QED) is 0.0759. The molecule has 0 fully saturated rings. The zero-order valence-corrected chi connectivity index (χ0v) is 47.1. The van der Waals surface area contributed by atoms with Gasteiger partial charge in [-0.25, -0.2) is 46.9 Å². The molecule has 5 heterocycles. The summed E-state index contributed by atoms with van der Waals surface area (Å²) in [7, 11) is 0. The molecule has 0 amide bonds. The summed E-state index contributed by atoms with van der Waals surface area (Å²) in [6.45, 7) is 36.5. The summed E-state index contributed by atoms with van der Waals surface area (Å²) in [4.78, 5) is 36.8. The van der Waals surface area contributed by atoms with Crippen LogP contribution in [0.4, 0.5) is 35.1 Å². The van der Waals surface area contributed by atoms with Gasteiger partial charge in [-0.3, -0.25) is 0 Å². The molecule has 0 saturated carbocycles. The van der Waals surface area contributed by atoms with E-state index in [0.717, 1.165) is 51.9 Å². The fourth-order valence-electron chi connectivity index (χ4n) is 7.73. The summed E-state index contributed by atoms with van der Waals surface area (Å²) >= 11 is 0. The number of hydrogen-bond acceptors (Lipinski definition) is 5. The summed E-state index contributed by atoms with van der Waals surface area (Å²) in [6, 6.07) is 17.7. The lowest BCUT2D eigenvalue weighted by atomic mass is 9.96. The van der Waals surface area contributed by atoms with Crippen molar-refractivity contribution < 1.29 is 35.1 Å². The zero-order valence-electron chi connectivity index (χ0n) is 47.1. The first kappa shape index (κ1) is 59.1. The van der Waals surface area contributed by atoms with E-state index in [2.05, 4.69) is 142 Å². The Hall–Kier alpha value is -7.11. The van der Waals surface area contributed by atoms with Gasteiger partial charge < -0.3 is 24.9 Å². The number of aryl methyl sites for hydroxylation is 3. The number of fused-ring (bicyclic) bond motifs is 5. The van der Waals surface area contributed by atoms with Crippen LogP contribution in [0.1, 0.15) is 155 Å². The Labute approximate surface area is 443 Å². The van der Waals surface area contributed by atoms with Crippen molar-refractivity contribution in [3.63, 3.8) is 0 Å². The second-order valence-corrected chi connectivity index (χ2v) is 24.5. The van der Waals surface area contributed by atoms with Gasteiger partial charge in [0.1, 0.15) is 51.5 Å². The number of alkyl halides is 3. The van der Waals surface area contributed by atoms with Crippen LogP contribution in [0.2, 0.25) is 0 Å². The van der Waals surface area contributed by atoms with Gasteiger partial charge in [0.05, 0.1) is 44.2 Å². The largest absolute Gasteiger partial charge is 0.418 e. The molecule has 10 nitrogen and oxygen atoms in total. The number of aromatic nitrogens is 10. The van der Waals surface area contributed by atoms with Gasteiger partial charge in [0.2, 0.25) is 0 Å². The Kier molecular flexibility index (Phi) is 16.4. The highest BCUT2D eigenvalue weighted by molar-refractivity contribution is 5.81. The first-order valence-electron chi connectivity index (χ1n) is 25.1. The van der Waals surface area contributed by atoms with Crippen LogP contribution in [0.5, 0.6) is 0 Å². The predicted molar refractivity (Wildman–Crippen MR) is 293 cm³/mol. The lowest BCUT2D eigenvalue weighted by Gasteiger charge is -2.13. The molecule has 412 valence electrons.